The summed E-state index contributed by atoms with van der Waals surface area (Å²) in [5, 5.41) is 2.79. The molecule has 1 amide bonds. The maximum Gasteiger partial charge on any atom is 0.226 e. The number of imidazole rings is 1. The Hall–Kier alpha value is -2.41. The van der Waals surface area contributed by atoms with Crippen molar-refractivity contribution >= 4 is 28.5 Å². The van der Waals surface area contributed by atoms with Gasteiger partial charge in [0, 0.05) is 19.2 Å². The van der Waals surface area contributed by atoms with E-state index in [1.807, 2.05) is 10.5 Å². The number of aromatic nitrogens is 4. The van der Waals surface area contributed by atoms with Crippen molar-refractivity contribution in [2.24, 2.45) is 5.73 Å². The molecule has 0 aliphatic heterocycles. The van der Waals surface area contributed by atoms with Gasteiger partial charge < -0.3 is 16.0 Å². The van der Waals surface area contributed by atoms with Crippen molar-refractivity contribution in [1.29, 1.82) is 0 Å². The summed E-state index contributed by atoms with van der Waals surface area (Å²) in [6, 6.07) is 1.88. The van der Waals surface area contributed by atoms with Crippen LogP contribution >= 0.6 is 0 Å². The van der Waals surface area contributed by atoms with Gasteiger partial charge in [0.1, 0.15) is 5.82 Å². The van der Waals surface area contributed by atoms with Gasteiger partial charge in [0.25, 0.3) is 0 Å². The van der Waals surface area contributed by atoms with E-state index in [0.717, 1.165) is 11.2 Å². The minimum atomic E-state index is -0.125. The normalized spacial score (nSPS) is 11.2. The Bertz CT molecular complexity index is 713. The summed E-state index contributed by atoms with van der Waals surface area (Å²) in [7, 11) is 0. The summed E-state index contributed by atoms with van der Waals surface area (Å²) in [5.74, 6) is 0.496. The van der Waals surface area contributed by atoms with Crippen LogP contribution in [0.15, 0.2) is 24.7 Å². The number of fused-ring (bicyclic) bond motifs is 3. The van der Waals surface area contributed by atoms with E-state index >= 15 is 0 Å². The van der Waals surface area contributed by atoms with E-state index in [1.165, 1.54) is 0 Å². The molecule has 92 valence electrons. The lowest BCUT2D eigenvalue weighted by Gasteiger charge is -2.04. The molecule has 0 fully saturated rings. The molecule has 3 aromatic rings. The molecule has 0 unspecified atom stereocenters. The number of carbonyl (C=O) groups is 1. The summed E-state index contributed by atoms with van der Waals surface area (Å²) < 4.78 is 1.84. The molecule has 0 saturated heterocycles. The summed E-state index contributed by atoms with van der Waals surface area (Å²) in [6.45, 7) is 0.323. The molecule has 3 rings (SSSR count). The van der Waals surface area contributed by atoms with E-state index in [1.54, 1.807) is 18.6 Å². The molecule has 0 radical (unpaired) electrons. The number of hydrogen-bond acceptors (Lipinski definition) is 4. The van der Waals surface area contributed by atoms with Crippen LogP contribution in [0.1, 0.15) is 6.42 Å². The van der Waals surface area contributed by atoms with E-state index in [2.05, 4.69) is 20.3 Å². The lowest BCUT2D eigenvalue weighted by Crippen LogP contribution is -2.17. The second-order valence-electron chi connectivity index (χ2n) is 3.89. The van der Waals surface area contributed by atoms with Gasteiger partial charge in [-0.1, -0.05) is 0 Å². The van der Waals surface area contributed by atoms with Crippen molar-refractivity contribution in [3.8, 4) is 0 Å². The number of nitrogens with two attached hydrogens (primary N) is 1. The van der Waals surface area contributed by atoms with Gasteiger partial charge in [-0.3, -0.25) is 9.20 Å². The average Bonchev–Trinajstić information content (AvgIpc) is 2.94. The molecule has 0 aromatic carbocycles. The maximum absolute atomic E-state index is 11.6. The molecule has 0 aliphatic rings. The minimum Gasteiger partial charge on any atom is -0.345 e. The van der Waals surface area contributed by atoms with Crippen molar-refractivity contribution in [3.05, 3.63) is 24.7 Å². The molecule has 0 bridgehead atoms. The Kier molecular flexibility index (Phi) is 2.45. The molecule has 18 heavy (non-hydrogen) atoms. The highest BCUT2D eigenvalue weighted by Gasteiger charge is 2.10. The van der Waals surface area contributed by atoms with Crippen LogP contribution in [0.2, 0.25) is 0 Å². The van der Waals surface area contributed by atoms with Crippen LogP contribution < -0.4 is 11.1 Å². The van der Waals surface area contributed by atoms with Gasteiger partial charge in [0.05, 0.1) is 17.9 Å². The van der Waals surface area contributed by atoms with E-state index < -0.39 is 0 Å². The molecule has 0 saturated carbocycles. The van der Waals surface area contributed by atoms with Crippen LogP contribution in [-0.4, -0.2) is 31.8 Å². The molecule has 0 atom stereocenters. The second-order valence-corrected chi connectivity index (χ2v) is 3.89. The number of nitrogens with zero attached hydrogens (tertiary/aromatic N) is 3. The van der Waals surface area contributed by atoms with Gasteiger partial charge in [0.15, 0.2) is 11.3 Å². The van der Waals surface area contributed by atoms with Crippen molar-refractivity contribution in [2.45, 2.75) is 6.42 Å². The first kappa shape index (κ1) is 10.7. The smallest absolute Gasteiger partial charge is 0.226 e. The van der Waals surface area contributed by atoms with Crippen LogP contribution in [0.5, 0.6) is 0 Å². The number of anilines is 1. The monoisotopic (exact) mass is 244 g/mol. The number of nitrogens with one attached hydrogen (secondary N) is 2. The molecule has 0 aliphatic carbocycles. The molecule has 3 aromatic heterocycles. The second kappa shape index (κ2) is 4.11. The predicted octanol–water partition coefficient (Wildman–Crippen LogP) is 0.498. The van der Waals surface area contributed by atoms with Gasteiger partial charge in [-0.05, 0) is 6.07 Å². The van der Waals surface area contributed by atoms with Crippen molar-refractivity contribution in [3.63, 3.8) is 0 Å². The summed E-state index contributed by atoms with van der Waals surface area (Å²) in [4.78, 5) is 23.0. The number of hydrogen-bond donors (Lipinski definition) is 3. The van der Waals surface area contributed by atoms with Crippen LogP contribution in [-0.2, 0) is 4.79 Å². The molecular weight excluding hydrogens is 232 g/mol. The highest BCUT2D eigenvalue weighted by Crippen LogP contribution is 2.18. The summed E-state index contributed by atoms with van der Waals surface area (Å²) in [6.07, 6.45) is 5.34. The van der Waals surface area contributed by atoms with E-state index in [0.29, 0.717) is 18.0 Å². The number of H-pyrrole nitrogens is 1. The molecular formula is C11H12N6O. The van der Waals surface area contributed by atoms with Crippen molar-refractivity contribution < 1.29 is 4.79 Å². The van der Waals surface area contributed by atoms with Gasteiger partial charge in [-0.25, -0.2) is 9.97 Å². The zero-order valence-corrected chi connectivity index (χ0v) is 9.55. The first-order chi connectivity index (χ1) is 8.79. The lowest BCUT2D eigenvalue weighted by atomic mass is 10.4. The van der Waals surface area contributed by atoms with Crippen molar-refractivity contribution in [1.82, 2.24) is 19.4 Å². The lowest BCUT2D eigenvalue weighted by molar-refractivity contribution is -0.116. The fourth-order valence-electron chi connectivity index (χ4n) is 1.89. The fourth-order valence-corrected chi connectivity index (χ4v) is 1.89. The van der Waals surface area contributed by atoms with Crippen molar-refractivity contribution in [2.75, 3.05) is 11.9 Å². The zero-order chi connectivity index (χ0) is 12.5. The Morgan fingerprint density at radius 2 is 2.33 bits per heavy atom. The number of carbonyl (C=O) groups excluding carboxylic acids is 1. The SMILES string of the molecule is NCCC(=O)Nc1cnc2cnc3[nH]ccc3n12. The Labute approximate surface area is 102 Å². The highest BCUT2D eigenvalue weighted by atomic mass is 16.1. The number of aromatic amines is 1. The Balaban J connectivity index is 2.11. The average molecular weight is 244 g/mol. The predicted molar refractivity (Wildman–Crippen MR) is 67.1 cm³/mol. The summed E-state index contributed by atoms with van der Waals surface area (Å²) >= 11 is 0. The van der Waals surface area contributed by atoms with Crippen LogP contribution in [0.3, 0.4) is 0 Å². The van der Waals surface area contributed by atoms with E-state index in [9.17, 15) is 4.79 Å². The first-order valence-electron chi connectivity index (χ1n) is 5.59. The topological polar surface area (TPSA) is 101 Å². The minimum absolute atomic E-state index is 0.125. The third-order valence-corrected chi connectivity index (χ3v) is 2.68. The molecule has 7 nitrogen and oxygen atoms in total. The Morgan fingerprint density at radius 3 is 3.17 bits per heavy atom. The third kappa shape index (κ3) is 1.61. The molecule has 3 heterocycles. The number of rotatable bonds is 3. The fraction of sp³-hybridized carbons (Fsp3) is 0.182. The third-order valence-electron chi connectivity index (χ3n) is 2.68. The first-order valence-corrected chi connectivity index (χ1v) is 5.59. The quantitative estimate of drug-likeness (QED) is 0.624. The molecule has 7 heteroatoms. The maximum atomic E-state index is 11.6. The van der Waals surface area contributed by atoms with Crippen LogP contribution in [0, 0.1) is 0 Å². The Morgan fingerprint density at radius 1 is 1.44 bits per heavy atom. The zero-order valence-electron chi connectivity index (χ0n) is 9.55. The van der Waals surface area contributed by atoms with Gasteiger partial charge >= 0.3 is 0 Å². The largest absolute Gasteiger partial charge is 0.345 e. The number of amides is 1. The van der Waals surface area contributed by atoms with Gasteiger partial charge in [-0.2, -0.15) is 0 Å². The van der Waals surface area contributed by atoms with Crippen LogP contribution in [0.4, 0.5) is 5.82 Å². The van der Waals surface area contributed by atoms with Gasteiger partial charge in [0.2, 0.25) is 5.91 Å². The van der Waals surface area contributed by atoms with E-state index in [4.69, 9.17) is 5.73 Å². The standard InChI is InChI=1S/C11H12N6O/c12-3-1-10(18)16-9-6-14-8-5-15-11-7(17(8)9)2-4-13-11/h2,4-6,13H,1,3,12H2,(H,16,18). The van der Waals surface area contributed by atoms with Crippen LogP contribution in [0.25, 0.3) is 16.8 Å². The molecule has 4 N–H and O–H groups in total. The summed E-state index contributed by atoms with van der Waals surface area (Å²) in [5.41, 5.74) is 7.65. The molecule has 0 spiro atoms. The van der Waals surface area contributed by atoms with Gasteiger partial charge in [-0.15, -0.1) is 0 Å². The highest BCUT2D eigenvalue weighted by molar-refractivity contribution is 5.91. The van der Waals surface area contributed by atoms with E-state index in [-0.39, 0.29) is 12.3 Å².